The average Bonchev–Trinajstić information content (AvgIpc) is 2.85. The van der Waals surface area contributed by atoms with Crippen LogP contribution in [0.25, 0.3) is 10.9 Å². The van der Waals surface area contributed by atoms with Crippen molar-refractivity contribution in [3.05, 3.63) is 59.5 Å². The number of ether oxygens (including phenoxy) is 1. The van der Waals surface area contributed by atoms with Crippen LogP contribution < -0.4 is 4.74 Å². The van der Waals surface area contributed by atoms with Gasteiger partial charge in [0.05, 0.1) is 12.6 Å². The molecule has 108 valence electrons. The molecule has 1 unspecified atom stereocenters. The van der Waals surface area contributed by atoms with E-state index in [0.29, 0.717) is 5.69 Å². The van der Waals surface area contributed by atoms with Gasteiger partial charge in [0.15, 0.2) is 11.6 Å². The lowest BCUT2D eigenvalue weighted by Gasteiger charge is -2.12. The van der Waals surface area contributed by atoms with Gasteiger partial charge in [0, 0.05) is 18.0 Å². The minimum atomic E-state index is -1.15. The van der Waals surface area contributed by atoms with Crippen LogP contribution in [-0.4, -0.2) is 22.0 Å². The topological polar surface area (TPSA) is 47.3 Å². The summed E-state index contributed by atoms with van der Waals surface area (Å²) in [5, 5.41) is 15.7. The number of fused-ring (bicyclic) bond motifs is 1. The molecule has 0 amide bonds. The number of hydrogen-bond donors (Lipinski definition) is 1. The Balaban J connectivity index is 2.15. The molecule has 4 nitrogen and oxygen atoms in total. The molecule has 2 aromatic carbocycles. The van der Waals surface area contributed by atoms with E-state index in [9.17, 15) is 9.50 Å². The van der Waals surface area contributed by atoms with Crippen LogP contribution in [-0.2, 0) is 7.05 Å². The number of benzene rings is 2. The highest BCUT2D eigenvalue weighted by Crippen LogP contribution is 2.32. The first-order valence-corrected chi connectivity index (χ1v) is 6.55. The summed E-state index contributed by atoms with van der Waals surface area (Å²) < 4.78 is 20.9. The second-order valence-corrected chi connectivity index (χ2v) is 4.79. The van der Waals surface area contributed by atoms with Crippen molar-refractivity contribution in [2.45, 2.75) is 6.10 Å². The number of nitrogens with zero attached hydrogens (tertiary/aromatic N) is 2. The van der Waals surface area contributed by atoms with Gasteiger partial charge in [-0.3, -0.25) is 4.68 Å². The Bertz CT molecular complexity index is 798. The maximum atomic E-state index is 14.3. The van der Waals surface area contributed by atoms with Crippen molar-refractivity contribution < 1.29 is 14.2 Å². The lowest BCUT2D eigenvalue weighted by Crippen LogP contribution is -2.05. The highest BCUT2D eigenvalue weighted by molar-refractivity contribution is 5.82. The Morgan fingerprint density at radius 2 is 1.95 bits per heavy atom. The number of aliphatic hydroxyl groups is 1. The van der Waals surface area contributed by atoms with Crippen molar-refractivity contribution >= 4 is 10.9 Å². The van der Waals surface area contributed by atoms with E-state index in [0.717, 1.165) is 10.9 Å². The number of aryl methyl sites for hydroxylation is 1. The van der Waals surface area contributed by atoms with Crippen molar-refractivity contribution in [1.82, 2.24) is 9.78 Å². The molecule has 3 rings (SSSR count). The lowest BCUT2D eigenvalue weighted by molar-refractivity contribution is 0.209. The fourth-order valence-corrected chi connectivity index (χ4v) is 2.49. The monoisotopic (exact) mass is 286 g/mol. The molecule has 1 heterocycles. The molecule has 0 aliphatic heterocycles. The van der Waals surface area contributed by atoms with E-state index in [4.69, 9.17) is 4.74 Å². The smallest absolute Gasteiger partial charge is 0.171 e. The number of aromatic nitrogens is 2. The summed E-state index contributed by atoms with van der Waals surface area (Å²) in [6.45, 7) is 0. The fourth-order valence-electron chi connectivity index (χ4n) is 2.49. The van der Waals surface area contributed by atoms with Gasteiger partial charge < -0.3 is 9.84 Å². The Morgan fingerprint density at radius 3 is 2.71 bits per heavy atom. The molecule has 0 fully saturated rings. The molecular formula is C16H15FN2O2. The Hall–Kier alpha value is -2.40. The van der Waals surface area contributed by atoms with Gasteiger partial charge in [0.2, 0.25) is 0 Å². The Kier molecular flexibility index (Phi) is 3.35. The molecule has 0 saturated heterocycles. The van der Waals surface area contributed by atoms with Gasteiger partial charge in [-0.2, -0.15) is 5.10 Å². The quantitative estimate of drug-likeness (QED) is 0.805. The molecule has 3 aromatic rings. The third-order valence-electron chi connectivity index (χ3n) is 3.55. The molecule has 1 N–H and O–H groups in total. The van der Waals surface area contributed by atoms with Crippen molar-refractivity contribution in [2.75, 3.05) is 7.11 Å². The number of aliphatic hydroxyl groups excluding tert-OH is 1. The van der Waals surface area contributed by atoms with Gasteiger partial charge in [-0.15, -0.1) is 0 Å². The van der Waals surface area contributed by atoms with Crippen LogP contribution in [0.15, 0.2) is 42.5 Å². The molecule has 5 heteroatoms. The summed E-state index contributed by atoms with van der Waals surface area (Å²) in [5.74, 6) is -0.464. The number of para-hydroxylation sites is 1. The van der Waals surface area contributed by atoms with E-state index < -0.39 is 11.9 Å². The summed E-state index contributed by atoms with van der Waals surface area (Å²) in [6, 6.07) is 12.2. The second kappa shape index (κ2) is 5.18. The van der Waals surface area contributed by atoms with Crippen LogP contribution in [0.5, 0.6) is 5.75 Å². The summed E-state index contributed by atoms with van der Waals surface area (Å²) in [7, 11) is 3.19. The van der Waals surface area contributed by atoms with Gasteiger partial charge in [0.1, 0.15) is 11.8 Å². The highest BCUT2D eigenvalue weighted by Gasteiger charge is 2.22. The molecule has 1 aromatic heterocycles. The number of halogens is 1. The van der Waals surface area contributed by atoms with Gasteiger partial charge in [-0.25, -0.2) is 4.39 Å². The third kappa shape index (κ3) is 2.15. The first-order valence-electron chi connectivity index (χ1n) is 6.55. The average molecular weight is 286 g/mol. The highest BCUT2D eigenvalue weighted by atomic mass is 19.1. The van der Waals surface area contributed by atoms with Gasteiger partial charge in [0.25, 0.3) is 0 Å². The largest absolute Gasteiger partial charge is 0.494 e. The predicted molar refractivity (Wildman–Crippen MR) is 77.7 cm³/mol. The van der Waals surface area contributed by atoms with Crippen LogP contribution in [0.2, 0.25) is 0 Å². The van der Waals surface area contributed by atoms with Crippen LogP contribution in [0.3, 0.4) is 0 Å². The second-order valence-electron chi connectivity index (χ2n) is 4.79. The van der Waals surface area contributed by atoms with Crippen LogP contribution in [0.1, 0.15) is 17.4 Å². The summed E-state index contributed by atoms with van der Waals surface area (Å²) in [5.41, 5.74) is 1.47. The number of methoxy groups -OCH3 is 1. The molecule has 21 heavy (non-hydrogen) atoms. The zero-order valence-electron chi connectivity index (χ0n) is 11.7. The molecule has 0 bridgehead atoms. The van der Waals surface area contributed by atoms with E-state index in [2.05, 4.69) is 5.10 Å². The SMILES string of the molecule is COc1cccc(C(O)c2nn(C)c3ccccc23)c1F. The standard InChI is InChI=1S/C16H15FN2O2/c1-19-12-8-4-3-6-10(12)15(18-19)16(20)11-7-5-9-13(21-2)14(11)17/h3-9,16,20H,1-2H3. The number of rotatable bonds is 3. The first-order chi connectivity index (χ1) is 10.1. The summed E-state index contributed by atoms with van der Waals surface area (Å²) in [4.78, 5) is 0. The molecular weight excluding hydrogens is 271 g/mol. The maximum absolute atomic E-state index is 14.3. The van der Waals surface area contributed by atoms with Gasteiger partial charge in [-0.1, -0.05) is 30.3 Å². The van der Waals surface area contributed by atoms with E-state index in [1.165, 1.54) is 19.2 Å². The summed E-state index contributed by atoms with van der Waals surface area (Å²) in [6.07, 6.45) is -1.15. The van der Waals surface area contributed by atoms with Crippen molar-refractivity contribution in [2.24, 2.45) is 7.05 Å². The van der Waals surface area contributed by atoms with Crippen molar-refractivity contribution in [1.29, 1.82) is 0 Å². The molecule has 0 aliphatic rings. The van der Waals surface area contributed by atoms with E-state index in [1.807, 2.05) is 24.3 Å². The molecule has 0 spiro atoms. The van der Waals surface area contributed by atoms with E-state index >= 15 is 0 Å². The molecule has 0 radical (unpaired) electrons. The minimum absolute atomic E-state index is 0.104. The van der Waals surface area contributed by atoms with E-state index in [-0.39, 0.29) is 11.3 Å². The molecule has 0 saturated carbocycles. The lowest BCUT2D eigenvalue weighted by atomic mass is 10.0. The van der Waals surface area contributed by atoms with Crippen molar-refractivity contribution in [3.63, 3.8) is 0 Å². The van der Waals surface area contributed by atoms with Crippen LogP contribution in [0.4, 0.5) is 4.39 Å². The zero-order valence-corrected chi connectivity index (χ0v) is 11.7. The van der Waals surface area contributed by atoms with E-state index in [1.54, 1.807) is 17.8 Å². The molecule has 1 atom stereocenters. The Labute approximate surface area is 121 Å². The van der Waals surface area contributed by atoms with Gasteiger partial charge in [-0.05, 0) is 12.1 Å². The van der Waals surface area contributed by atoms with Crippen LogP contribution >= 0.6 is 0 Å². The number of hydrogen-bond acceptors (Lipinski definition) is 3. The first kappa shape index (κ1) is 13.6. The van der Waals surface area contributed by atoms with Gasteiger partial charge >= 0.3 is 0 Å². The fraction of sp³-hybridized carbons (Fsp3) is 0.188. The minimum Gasteiger partial charge on any atom is -0.494 e. The third-order valence-corrected chi connectivity index (χ3v) is 3.55. The predicted octanol–water partition coefficient (Wildman–Crippen LogP) is 2.80. The van der Waals surface area contributed by atoms with Crippen LogP contribution in [0, 0.1) is 5.82 Å². The summed E-state index contributed by atoms with van der Waals surface area (Å²) >= 11 is 0. The Morgan fingerprint density at radius 1 is 1.19 bits per heavy atom. The maximum Gasteiger partial charge on any atom is 0.171 e. The zero-order chi connectivity index (χ0) is 15.0. The normalized spacial score (nSPS) is 12.6. The molecule has 0 aliphatic carbocycles. The van der Waals surface area contributed by atoms with Crippen molar-refractivity contribution in [3.8, 4) is 5.75 Å².